The number of alkyl halides is 3. The van der Waals surface area contributed by atoms with E-state index in [1.807, 2.05) is 43.3 Å². The number of rotatable bonds is 4. The van der Waals surface area contributed by atoms with Gasteiger partial charge in [-0.3, -0.25) is 0 Å². The summed E-state index contributed by atoms with van der Waals surface area (Å²) in [6.45, 7) is 2.03. The van der Waals surface area contributed by atoms with Crippen LogP contribution in [0.15, 0.2) is 48.5 Å². The van der Waals surface area contributed by atoms with Crippen LogP contribution in [0.2, 0.25) is 0 Å². The third kappa shape index (κ3) is 4.49. The lowest BCUT2D eigenvalue weighted by atomic mass is 9.98. The van der Waals surface area contributed by atoms with Gasteiger partial charge in [-0.05, 0) is 79.1 Å². The van der Waals surface area contributed by atoms with Gasteiger partial charge in [-0.15, -0.1) is 0 Å². The van der Waals surface area contributed by atoms with E-state index in [-0.39, 0.29) is 11.3 Å². The van der Waals surface area contributed by atoms with Gasteiger partial charge in [0.05, 0.1) is 28.3 Å². The summed E-state index contributed by atoms with van der Waals surface area (Å²) >= 11 is 0. The molecule has 0 fully saturated rings. The Hall–Kier alpha value is -3.61. The second-order valence-corrected chi connectivity index (χ2v) is 8.30. The van der Waals surface area contributed by atoms with Crippen molar-refractivity contribution >= 4 is 45.4 Å². The standard InChI is InChI=1S/C26H23F3N4/c1-2-3-4-5-22-23-14-20-10-8-18(31-20)12-16-6-7-17(30-16)13-19-9-11-21(32-19)15-24(33-23)25(22)26(27,28)29/h6-15,30,32H,2-5H2,1H3. The molecular weight excluding hydrogens is 425 g/mol. The molecule has 7 heteroatoms. The molecule has 5 heterocycles. The maximum absolute atomic E-state index is 14.2. The zero-order valence-corrected chi connectivity index (χ0v) is 18.1. The van der Waals surface area contributed by atoms with E-state index in [0.29, 0.717) is 29.7 Å². The van der Waals surface area contributed by atoms with Crippen LogP contribution in [0, 0.1) is 0 Å². The van der Waals surface area contributed by atoms with E-state index in [9.17, 15) is 13.2 Å². The number of allylic oxidation sites excluding steroid dienone is 2. The zero-order valence-electron chi connectivity index (χ0n) is 18.1. The summed E-state index contributed by atoms with van der Waals surface area (Å²) in [4.78, 5) is 15.5. The molecule has 3 aromatic heterocycles. The SMILES string of the molecule is CCCCCC1=C(C(F)(F)F)c2cc3ccc(cc4ccc(cc5nc(cc1n2)C=C5)[nH]4)[nH]3. The average molecular weight is 448 g/mol. The number of H-pyrrole nitrogens is 2. The predicted molar refractivity (Wildman–Crippen MR) is 127 cm³/mol. The number of halogens is 3. The molecular formula is C26H23F3N4. The third-order valence-corrected chi connectivity index (χ3v) is 5.76. The van der Waals surface area contributed by atoms with E-state index in [2.05, 4.69) is 19.9 Å². The Labute approximate surface area is 188 Å². The first-order valence-electron chi connectivity index (χ1n) is 11.1. The first-order valence-corrected chi connectivity index (χ1v) is 11.1. The highest BCUT2D eigenvalue weighted by Crippen LogP contribution is 2.43. The lowest BCUT2D eigenvalue weighted by Gasteiger charge is -2.11. The summed E-state index contributed by atoms with van der Waals surface area (Å²) < 4.78 is 42.7. The van der Waals surface area contributed by atoms with E-state index in [1.54, 1.807) is 18.2 Å². The van der Waals surface area contributed by atoms with Crippen LogP contribution in [0.25, 0.3) is 45.4 Å². The van der Waals surface area contributed by atoms with Crippen molar-refractivity contribution in [3.63, 3.8) is 0 Å². The van der Waals surface area contributed by atoms with Crippen LogP contribution in [0.5, 0.6) is 0 Å². The molecule has 0 saturated carbocycles. The van der Waals surface area contributed by atoms with Crippen molar-refractivity contribution in [3.8, 4) is 0 Å². The molecule has 0 spiro atoms. The average Bonchev–Trinajstić information content (AvgIpc) is 3.52. The number of nitrogens with zero attached hydrogens (tertiary/aromatic N) is 2. The zero-order chi connectivity index (χ0) is 23.0. The van der Waals surface area contributed by atoms with Gasteiger partial charge in [0.25, 0.3) is 0 Å². The molecule has 2 N–H and O–H groups in total. The fourth-order valence-corrected chi connectivity index (χ4v) is 4.25. The fraction of sp³-hybridized carbons (Fsp3) is 0.231. The van der Waals surface area contributed by atoms with Crippen LogP contribution in [0.4, 0.5) is 13.2 Å². The molecule has 2 aliphatic rings. The van der Waals surface area contributed by atoms with E-state index >= 15 is 0 Å². The third-order valence-electron chi connectivity index (χ3n) is 5.76. The van der Waals surface area contributed by atoms with E-state index in [1.165, 1.54) is 6.07 Å². The Bertz CT molecular complexity index is 1420. The Kier molecular flexibility index (Phi) is 5.40. The molecule has 8 bridgehead atoms. The minimum Gasteiger partial charge on any atom is -0.355 e. The normalized spacial score (nSPS) is 13.7. The molecule has 0 unspecified atom stereocenters. The molecule has 3 aromatic rings. The van der Waals surface area contributed by atoms with Crippen molar-refractivity contribution in [2.75, 3.05) is 0 Å². The molecule has 0 radical (unpaired) electrons. The Morgan fingerprint density at radius 3 is 1.97 bits per heavy atom. The van der Waals surface area contributed by atoms with Crippen molar-refractivity contribution in [2.45, 2.75) is 38.8 Å². The van der Waals surface area contributed by atoms with Crippen molar-refractivity contribution in [2.24, 2.45) is 0 Å². The largest absolute Gasteiger partial charge is 0.418 e. The lowest BCUT2D eigenvalue weighted by molar-refractivity contribution is -0.0686. The quantitative estimate of drug-likeness (QED) is 0.317. The van der Waals surface area contributed by atoms with Crippen LogP contribution in [0.3, 0.4) is 0 Å². The van der Waals surface area contributed by atoms with Gasteiger partial charge >= 0.3 is 6.18 Å². The number of aromatic nitrogens is 4. The molecule has 2 aliphatic heterocycles. The van der Waals surface area contributed by atoms with Gasteiger partial charge in [0.1, 0.15) is 0 Å². The minimum atomic E-state index is -4.50. The maximum atomic E-state index is 14.2. The van der Waals surface area contributed by atoms with Crippen molar-refractivity contribution < 1.29 is 13.2 Å². The minimum absolute atomic E-state index is 0.0683. The van der Waals surface area contributed by atoms with Crippen LogP contribution >= 0.6 is 0 Å². The summed E-state index contributed by atoms with van der Waals surface area (Å²) in [6, 6.07) is 14.5. The highest BCUT2D eigenvalue weighted by molar-refractivity contribution is 5.95. The van der Waals surface area contributed by atoms with Gasteiger partial charge in [-0.25, -0.2) is 9.97 Å². The first-order chi connectivity index (χ1) is 15.9. The van der Waals surface area contributed by atoms with Crippen LogP contribution in [-0.2, 0) is 0 Å². The van der Waals surface area contributed by atoms with Crippen molar-refractivity contribution in [1.82, 2.24) is 19.9 Å². The second kappa shape index (κ2) is 8.39. The number of unbranched alkanes of at least 4 members (excludes halogenated alkanes) is 2. The predicted octanol–water partition coefficient (Wildman–Crippen LogP) is 7.54. The highest BCUT2D eigenvalue weighted by atomic mass is 19.4. The Morgan fingerprint density at radius 1 is 0.727 bits per heavy atom. The van der Waals surface area contributed by atoms with Gasteiger partial charge in [0.2, 0.25) is 0 Å². The molecule has 0 saturated heterocycles. The number of hydrogen-bond donors (Lipinski definition) is 2. The second-order valence-electron chi connectivity index (χ2n) is 8.30. The summed E-state index contributed by atoms with van der Waals surface area (Å²) in [5.41, 5.74) is 4.29. The molecule has 5 rings (SSSR count). The molecule has 33 heavy (non-hydrogen) atoms. The molecule has 4 nitrogen and oxygen atoms in total. The molecule has 168 valence electrons. The summed E-state index contributed by atoms with van der Waals surface area (Å²) in [5, 5.41) is 0. The monoisotopic (exact) mass is 448 g/mol. The van der Waals surface area contributed by atoms with Crippen LogP contribution < -0.4 is 0 Å². The van der Waals surface area contributed by atoms with Gasteiger partial charge in [-0.2, -0.15) is 13.2 Å². The molecule has 0 aliphatic carbocycles. The number of nitrogens with one attached hydrogen (secondary N) is 2. The van der Waals surface area contributed by atoms with Gasteiger partial charge < -0.3 is 9.97 Å². The fourth-order valence-electron chi connectivity index (χ4n) is 4.25. The van der Waals surface area contributed by atoms with Crippen molar-refractivity contribution in [3.05, 3.63) is 71.3 Å². The first kappa shape index (κ1) is 21.2. The van der Waals surface area contributed by atoms with Gasteiger partial charge in [0.15, 0.2) is 0 Å². The summed E-state index contributed by atoms with van der Waals surface area (Å²) in [7, 11) is 0. The van der Waals surface area contributed by atoms with Crippen LogP contribution in [0.1, 0.15) is 55.4 Å². The van der Waals surface area contributed by atoms with E-state index in [0.717, 1.165) is 35.1 Å². The highest BCUT2D eigenvalue weighted by Gasteiger charge is 2.41. The topological polar surface area (TPSA) is 57.4 Å². The Balaban J connectivity index is 1.81. The lowest BCUT2D eigenvalue weighted by Crippen LogP contribution is -2.11. The van der Waals surface area contributed by atoms with Gasteiger partial charge in [-0.1, -0.05) is 19.8 Å². The van der Waals surface area contributed by atoms with E-state index < -0.39 is 11.7 Å². The molecule has 0 amide bonds. The van der Waals surface area contributed by atoms with Crippen molar-refractivity contribution in [1.29, 1.82) is 0 Å². The van der Waals surface area contributed by atoms with E-state index in [4.69, 9.17) is 0 Å². The Morgan fingerprint density at radius 2 is 1.33 bits per heavy atom. The summed E-state index contributed by atoms with van der Waals surface area (Å²) in [5.74, 6) is 0. The van der Waals surface area contributed by atoms with Crippen LogP contribution in [-0.4, -0.2) is 26.1 Å². The number of hydrogen-bond acceptors (Lipinski definition) is 2. The molecule has 0 aromatic carbocycles. The number of aromatic amines is 2. The summed E-state index contributed by atoms with van der Waals surface area (Å²) in [6.07, 6.45) is 1.94. The smallest absolute Gasteiger partial charge is 0.355 e. The van der Waals surface area contributed by atoms with Gasteiger partial charge in [0, 0.05) is 22.1 Å². The maximum Gasteiger partial charge on any atom is 0.418 e. The molecule has 0 atom stereocenters. The number of fused-ring (bicyclic) bond motifs is 8.